The summed E-state index contributed by atoms with van der Waals surface area (Å²) >= 11 is 0. The maximum absolute atomic E-state index is 13.0. The van der Waals surface area contributed by atoms with Gasteiger partial charge in [-0.05, 0) is 50.4 Å². The van der Waals surface area contributed by atoms with Gasteiger partial charge in [-0.3, -0.25) is 4.79 Å². The lowest BCUT2D eigenvalue weighted by molar-refractivity contribution is -0.134. The Morgan fingerprint density at radius 2 is 1.90 bits per heavy atom. The SMILES string of the molecule is CCN(CC)C(=O)[C@]1(c2ccc(F)cc2)CC1CN.Cl. The zero-order valence-corrected chi connectivity index (χ0v) is 12.8. The smallest absolute Gasteiger partial charge is 0.233 e. The average Bonchev–Trinajstić information content (AvgIpc) is 3.16. The van der Waals surface area contributed by atoms with Crippen LogP contribution in [0.15, 0.2) is 24.3 Å². The van der Waals surface area contributed by atoms with Crippen molar-refractivity contribution < 1.29 is 9.18 Å². The molecule has 0 aromatic heterocycles. The van der Waals surface area contributed by atoms with Gasteiger partial charge in [0.25, 0.3) is 0 Å². The van der Waals surface area contributed by atoms with Gasteiger partial charge in [-0.25, -0.2) is 4.39 Å². The molecule has 1 unspecified atom stereocenters. The third-order valence-corrected chi connectivity index (χ3v) is 4.18. The summed E-state index contributed by atoms with van der Waals surface area (Å²) in [6.45, 7) is 5.81. The summed E-state index contributed by atoms with van der Waals surface area (Å²) in [6.07, 6.45) is 0.768. The normalized spacial score (nSPS) is 23.9. The Morgan fingerprint density at radius 3 is 2.30 bits per heavy atom. The van der Waals surface area contributed by atoms with Crippen molar-refractivity contribution in [1.82, 2.24) is 4.90 Å². The summed E-state index contributed by atoms with van der Waals surface area (Å²) in [5.41, 5.74) is 6.12. The number of benzene rings is 1. The van der Waals surface area contributed by atoms with Crippen LogP contribution in [0.4, 0.5) is 4.39 Å². The van der Waals surface area contributed by atoms with Crippen molar-refractivity contribution >= 4 is 18.3 Å². The van der Waals surface area contributed by atoms with Gasteiger partial charge in [0.05, 0.1) is 5.41 Å². The maximum atomic E-state index is 13.0. The number of hydrogen-bond donors (Lipinski definition) is 1. The summed E-state index contributed by atoms with van der Waals surface area (Å²) < 4.78 is 13.0. The van der Waals surface area contributed by atoms with Crippen molar-refractivity contribution in [3.8, 4) is 0 Å². The Hall–Kier alpha value is -1.13. The molecule has 3 nitrogen and oxygen atoms in total. The first-order chi connectivity index (χ1) is 9.09. The summed E-state index contributed by atoms with van der Waals surface area (Å²) in [5.74, 6) is 0.0183. The molecular weight excluding hydrogens is 279 g/mol. The monoisotopic (exact) mass is 300 g/mol. The molecule has 5 heteroatoms. The van der Waals surface area contributed by atoms with Gasteiger partial charge in [0, 0.05) is 13.1 Å². The summed E-state index contributed by atoms with van der Waals surface area (Å²) in [4.78, 5) is 14.6. The quantitative estimate of drug-likeness (QED) is 0.907. The van der Waals surface area contributed by atoms with Crippen LogP contribution in [0.25, 0.3) is 0 Å². The molecule has 112 valence electrons. The standard InChI is InChI=1S/C15H21FN2O.ClH/c1-3-18(4-2)14(19)15(9-12(15)10-17)11-5-7-13(16)8-6-11;/h5-8,12H,3-4,9-10,17H2,1-2H3;1H/t12?,15-;/m0./s1. The Morgan fingerprint density at radius 1 is 1.35 bits per heavy atom. The number of nitrogens with two attached hydrogens (primary N) is 1. The molecule has 1 aliphatic rings. The minimum atomic E-state index is -0.519. The molecule has 0 bridgehead atoms. The number of amides is 1. The van der Waals surface area contributed by atoms with Crippen LogP contribution < -0.4 is 5.73 Å². The fourth-order valence-corrected chi connectivity index (χ4v) is 2.89. The molecule has 1 aromatic rings. The van der Waals surface area contributed by atoms with Crippen LogP contribution >= 0.6 is 12.4 Å². The van der Waals surface area contributed by atoms with Crippen LogP contribution in [0.5, 0.6) is 0 Å². The summed E-state index contributed by atoms with van der Waals surface area (Å²) in [7, 11) is 0. The summed E-state index contributed by atoms with van der Waals surface area (Å²) in [5, 5.41) is 0. The minimum absolute atomic E-state index is 0. The predicted molar refractivity (Wildman–Crippen MR) is 80.4 cm³/mol. The maximum Gasteiger partial charge on any atom is 0.233 e. The second-order valence-corrected chi connectivity index (χ2v) is 5.09. The molecule has 0 heterocycles. The van der Waals surface area contributed by atoms with E-state index in [-0.39, 0.29) is 30.0 Å². The van der Waals surface area contributed by atoms with Gasteiger partial charge in [-0.2, -0.15) is 0 Å². The third-order valence-electron chi connectivity index (χ3n) is 4.18. The van der Waals surface area contributed by atoms with Gasteiger partial charge in [-0.15, -0.1) is 12.4 Å². The van der Waals surface area contributed by atoms with Gasteiger partial charge < -0.3 is 10.6 Å². The lowest BCUT2D eigenvalue weighted by atomic mass is 9.91. The number of likely N-dealkylation sites (N-methyl/N-ethyl adjacent to an activating group) is 1. The fourth-order valence-electron chi connectivity index (χ4n) is 2.89. The highest BCUT2D eigenvalue weighted by atomic mass is 35.5. The minimum Gasteiger partial charge on any atom is -0.342 e. The van der Waals surface area contributed by atoms with E-state index in [1.54, 1.807) is 12.1 Å². The van der Waals surface area contributed by atoms with Crippen molar-refractivity contribution in [2.24, 2.45) is 11.7 Å². The Labute approximate surface area is 125 Å². The second-order valence-electron chi connectivity index (χ2n) is 5.09. The van der Waals surface area contributed by atoms with Crippen molar-refractivity contribution in [1.29, 1.82) is 0 Å². The average molecular weight is 301 g/mol. The molecule has 2 rings (SSSR count). The van der Waals surface area contributed by atoms with Crippen LogP contribution in [-0.4, -0.2) is 30.4 Å². The molecule has 1 fully saturated rings. The lowest BCUT2D eigenvalue weighted by Gasteiger charge is -2.26. The summed E-state index contributed by atoms with van der Waals surface area (Å²) in [6, 6.07) is 6.26. The number of carbonyl (C=O) groups excluding carboxylic acids is 1. The van der Waals surface area contributed by atoms with E-state index in [4.69, 9.17) is 5.73 Å². The predicted octanol–water partition coefficient (Wildman–Crippen LogP) is 2.33. The van der Waals surface area contributed by atoms with Gasteiger partial charge in [0.1, 0.15) is 5.82 Å². The number of rotatable bonds is 5. The van der Waals surface area contributed by atoms with Crippen molar-refractivity contribution in [2.45, 2.75) is 25.7 Å². The molecule has 1 aliphatic carbocycles. The Bertz CT molecular complexity index is 461. The van der Waals surface area contributed by atoms with E-state index < -0.39 is 5.41 Å². The molecule has 2 N–H and O–H groups in total. The molecular formula is C15H22ClFN2O. The molecule has 1 saturated carbocycles. The van der Waals surface area contributed by atoms with E-state index in [2.05, 4.69) is 0 Å². The zero-order chi connectivity index (χ0) is 14.0. The van der Waals surface area contributed by atoms with E-state index in [9.17, 15) is 9.18 Å². The van der Waals surface area contributed by atoms with Crippen LogP contribution in [-0.2, 0) is 10.2 Å². The molecule has 20 heavy (non-hydrogen) atoms. The highest BCUT2D eigenvalue weighted by Crippen LogP contribution is 2.54. The van der Waals surface area contributed by atoms with Crippen molar-refractivity contribution in [3.63, 3.8) is 0 Å². The Balaban J connectivity index is 0.00000200. The highest BCUT2D eigenvalue weighted by Gasteiger charge is 2.61. The first-order valence-corrected chi connectivity index (χ1v) is 6.85. The number of carbonyl (C=O) groups is 1. The van der Waals surface area contributed by atoms with Gasteiger partial charge in [-0.1, -0.05) is 12.1 Å². The molecule has 0 radical (unpaired) electrons. The molecule has 1 aromatic carbocycles. The van der Waals surface area contributed by atoms with E-state index in [0.717, 1.165) is 12.0 Å². The first kappa shape index (κ1) is 16.9. The Kier molecular flexibility index (Phi) is 5.54. The second kappa shape index (κ2) is 6.55. The van der Waals surface area contributed by atoms with Crippen LogP contribution in [0, 0.1) is 11.7 Å². The molecule has 0 spiro atoms. The molecule has 1 amide bonds. The van der Waals surface area contributed by atoms with E-state index >= 15 is 0 Å². The van der Waals surface area contributed by atoms with Crippen LogP contribution in [0.2, 0.25) is 0 Å². The third kappa shape index (κ3) is 2.67. The highest BCUT2D eigenvalue weighted by molar-refractivity contribution is 5.92. The number of nitrogens with zero attached hydrogens (tertiary/aromatic N) is 1. The van der Waals surface area contributed by atoms with E-state index in [0.29, 0.717) is 19.6 Å². The molecule has 0 aliphatic heterocycles. The topological polar surface area (TPSA) is 46.3 Å². The van der Waals surface area contributed by atoms with Gasteiger partial charge in [0.15, 0.2) is 0 Å². The van der Waals surface area contributed by atoms with E-state index in [1.807, 2.05) is 18.7 Å². The molecule has 0 saturated heterocycles. The first-order valence-electron chi connectivity index (χ1n) is 6.85. The number of halogens is 2. The van der Waals surface area contributed by atoms with Crippen molar-refractivity contribution in [3.05, 3.63) is 35.6 Å². The lowest BCUT2D eigenvalue weighted by Crippen LogP contribution is -2.40. The van der Waals surface area contributed by atoms with Crippen LogP contribution in [0.1, 0.15) is 25.8 Å². The molecule has 2 atom stereocenters. The van der Waals surface area contributed by atoms with Crippen molar-refractivity contribution in [2.75, 3.05) is 19.6 Å². The number of hydrogen-bond acceptors (Lipinski definition) is 2. The zero-order valence-electron chi connectivity index (χ0n) is 11.9. The van der Waals surface area contributed by atoms with Gasteiger partial charge >= 0.3 is 0 Å². The van der Waals surface area contributed by atoms with Crippen LogP contribution in [0.3, 0.4) is 0 Å². The van der Waals surface area contributed by atoms with E-state index in [1.165, 1.54) is 12.1 Å². The fraction of sp³-hybridized carbons (Fsp3) is 0.533. The van der Waals surface area contributed by atoms with Gasteiger partial charge in [0.2, 0.25) is 5.91 Å². The largest absolute Gasteiger partial charge is 0.342 e.